The van der Waals surface area contributed by atoms with Gasteiger partial charge in [0.15, 0.2) is 4.67 Å². The second-order valence-corrected chi connectivity index (χ2v) is 2.95. The highest BCUT2D eigenvalue weighted by molar-refractivity contribution is 9.10. The van der Waals surface area contributed by atoms with E-state index in [1.54, 1.807) is 0 Å². The van der Waals surface area contributed by atoms with E-state index in [1.807, 2.05) is 41.2 Å². The van der Waals surface area contributed by atoms with E-state index in [1.165, 1.54) is 0 Å². The average molecular weight is 212 g/mol. The molecule has 0 amide bonds. The lowest BCUT2D eigenvalue weighted by Crippen LogP contribution is -1.83. The molecule has 0 bridgehead atoms. The van der Waals surface area contributed by atoms with Crippen molar-refractivity contribution in [1.29, 1.82) is 0 Å². The van der Waals surface area contributed by atoms with Crippen LogP contribution in [0, 0.1) is 0 Å². The summed E-state index contributed by atoms with van der Waals surface area (Å²) in [5, 5.41) is 0. The number of hydrogen-bond donors (Lipinski definition) is 0. The van der Waals surface area contributed by atoms with E-state index in [2.05, 4.69) is 15.9 Å². The first-order valence-electron chi connectivity index (χ1n) is 3.25. The Kier molecular flexibility index (Phi) is 1.58. The van der Waals surface area contributed by atoms with Crippen molar-refractivity contribution in [3.63, 3.8) is 0 Å². The van der Waals surface area contributed by atoms with Gasteiger partial charge in [0.25, 0.3) is 0 Å². The Morgan fingerprint density at radius 1 is 1.18 bits per heavy atom. The van der Waals surface area contributed by atoms with E-state index in [0.29, 0.717) is 0 Å². The van der Waals surface area contributed by atoms with Gasteiger partial charge in [-0.1, -0.05) is 0 Å². The minimum absolute atomic E-state index is 0.751. The van der Waals surface area contributed by atoms with E-state index in [-0.39, 0.29) is 0 Å². The topological polar surface area (TPSA) is 18.1 Å². The van der Waals surface area contributed by atoms with Crippen LogP contribution in [-0.2, 0) is 0 Å². The third kappa shape index (κ3) is 1.24. The molecule has 0 aliphatic heterocycles. The zero-order valence-corrected chi connectivity index (χ0v) is 7.28. The van der Waals surface area contributed by atoms with Crippen molar-refractivity contribution in [3.05, 3.63) is 41.3 Å². The minimum atomic E-state index is 0.751. The normalized spacial score (nSPS) is 10.3. The number of nitrogens with zero attached hydrogens (tertiary/aromatic N) is 1. The monoisotopic (exact) mass is 211 g/mol. The lowest BCUT2D eigenvalue weighted by atomic mass is 10.6. The zero-order valence-electron chi connectivity index (χ0n) is 5.70. The molecular formula is C8H6BrNO. The van der Waals surface area contributed by atoms with Crippen molar-refractivity contribution in [2.45, 2.75) is 0 Å². The number of halogens is 1. The average Bonchev–Trinajstić information content (AvgIpc) is 2.55. The largest absolute Gasteiger partial charge is 0.433 e. The molecule has 0 saturated carbocycles. The Morgan fingerprint density at radius 2 is 1.91 bits per heavy atom. The minimum Gasteiger partial charge on any atom is -0.433 e. The molecular weight excluding hydrogens is 206 g/mol. The fourth-order valence-corrected chi connectivity index (χ4v) is 1.22. The molecule has 2 aromatic heterocycles. The zero-order chi connectivity index (χ0) is 7.68. The molecule has 0 unspecified atom stereocenters. The van der Waals surface area contributed by atoms with E-state index >= 15 is 0 Å². The molecule has 0 spiro atoms. The Labute approximate surface area is 72.6 Å². The molecule has 0 saturated heterocycles. The first-order valence-corrected chi connectivity index (χ1v) is 4.04. The molecule has 0 fully saturated rings. The summed E-state index contributed by atoms with van der Waals surface area (Å²) in [7, 11) is 0. The number of aromatic nitrogens is 1. The Hall–Kier alpha value is -0.960. The molecule has 0 aliphatic rings. The molecule has 0 radical (unpaired) electrons. The van der Waals surface area contributed by atoms with Gasteiger partial charge in [0, 0.05) is 18.5 Å². The highest BCUT2D eigenvalue weighted by Gasteiger charge is 1.98. The maximum Gasteiger partial charge on any atom is 0.204 e. The number of furan rings is 1. The SMILES string of the molecule is Brc1ccc(-n2cccc2)o1. The standard InChI is InChI=1S/C8H6BrNO/c9-7-3-4-8(11-7)10-5-1-2-6-10/h1-6H. The van der Waals surface area contributed by atoms with Crippen LogP contribution >= 0.6 is 15.9 Å². The fourth-order valence-electron chi connectivity index (χ4n) is 0.925. The van der Waals surface area contributed by atoms with Crippen LogP contribution < -0.4 is 0 Å². The van der Waals surface area contributed by atoms with E-state index in [0.717, 1.165) is 10.6 Å². The van der Waals surface area contributed by atoms with Crippen LogP contribution in [0.3, 0.4) is 0 Å². The van der Waals surface area contributed by atoms with Crippen molar-refractivity contribution in [1.82, 2.24) is 4.57 Å². The molecule has 0 aromatic carbocycles. The van der Waals surface area contributed by atoms with Gasteiger partial charge in [-0.25, -0.2) is 0 Å². The van der Waals surface area contributed by atoms with Crippen molar-refractivity contribution < 1.29 is 4.42 Å². The molecule has 0 aliphatic carbocycles. The summed E-state index contributed by atoms with van der Waals surface area (Å²) in [5.74, 6) is 0.821. The van der Waals surface area contributed by atoms with Gasteiger partial charge in [0.05, 0.1) is 0 Å². The highest BCUT2D eigenvalue weighted by Crippen LogP contribution is 2.17. The van der Waals surface area contributed by atoms with Gasteiger partial charge in [0.1, 0.15) is 0 Å². The Balaban J connectivity index is 2.45. The summed E-state index contributed by atoms with van der Waals surface area (Å²) in [4.78, 5) is 0. The van der Waals surface area contributed by atoms with Crippen LogP contribution in [0.4, 0.5) is 0 Å². The summed E-state index contributed by atoms with van der Waals surface area (Å²) in [5.41, 5.74) is 0. The summed E-state index contributed by atoms with van der Waals surface area (Å²) >= 11 is 3.24. The molecule has 2 nitrogen and oxygen atoms in total. The lowest BCUT2D eigenvalue weighted by molar-refractivity contribution is 0.516. The van der Waals surface area contributed by atoms with Gasteiger partial charge >= 0.3 is 0 Å². The molecule has 0 N–H and O–H groups in total. The molecule has 56 valence electrons. The maximum atomic E-state index is 5.31. The lowest BCUT2D eigenvalue weighted by Gasteiger charge is -1.93. The van der Waals surface area contributed by atoms with Crippen molar-refractivity contribution in [3.8, 4) is 5.88 Å². The van der Waals surface area contributed by atoms with Crippen LogP contribution in [0.5, 0.6) is 0 Å². The predicted octanol–water partition coefficient (Wildman–Crippen LogP) is 2.83. The second kappa shape index (κ2) is 2.58. The first kappa shape index (κ1) is 6.73. The Bertz CT molecular complexity index is 337. The van der Waals surface area contributed by atoms with Crippen LogP contribution in [0.1, 0.15) is 0 Å². The van der Waals surface area contributed by atoms with Crippen molar-refractivity contribution in [2.75, 3.05) is 0 Å². The summed E-state index contributed by atoms with van der Waals surface area (Å²) in [6.07, 6.45) is 3.87. The molecule has 2 aromatic rings. The molecule has 3 heteroatoms. The molecule has 2 rings (SSSR count). The smallest absolute Gasteiger partial charge is 0.204 e. The van der Waals surface area contributed by atoms with Crippen LogP contribution in [-0.4, -0.2) is 4.57 Å². The number of rotatable bonds is 1. The summed E-state index contributed by atoms with van der Waals surface area (Å²) < 4.78 is 7.97. The third-order valence-corrected chi connectivity index (χ3v) is 1.84. The van der Waals surface area contributed by atoms with Gasteiger partial charge in [-0.15, -0.1) is 0 Å². The van der Waals surface area contributed by atoms with Crippen LogP contribution in [0.15, 0.2) is 45.7 Å². The van der Waals surface area contributed by atoms with Gasteiger partial charge in [-0.05, 0) is 34.1 Å². The molecule has 2 heterocycles. The van der Waals surface area contributed by atoms with Crippen molar-refractivity contribution in [2.24, 2.45) is 0 Å². The van der Waals surface area contributed by atoms with Gasteiger partial charge in [0.2, 0.25) is 5.88 Å². The van der Waals surface area contributed by atoms with E-state index in [9.17, 15) is 0 Å². The molecule has 0 atom stereocenters. The highest BCUT2D eigenvalue weighted by atomic mass is 79.9. The predicted molar refractivity (Wildman–Crippen MR) is 45.7 cm³/mol. The van der Waals surface area contributed by atoms with Crippen LogP contribution in [0.2, 0.25) is 0 Å². The third-order valence-electron chi connectivity index (χ3n) is 1.42. The maximum absolute atomic E-state index is 5.31. The van der Waals surface area contributed by atoms with Crippen molar-refractivity contribution >= 4 is 15.9 Å². The van der Waals surface area contributed by atoms with Crippen LogP contribution in [0.25, 0.3) is 5.88 Å². The van der Waals surface area contributed by atoms with Gasteiger partial charge in [-0.2, -0.15) is 0 Å². The quantitative estimate of drug-likeness (QED) is 0.710. The summed E-state index contributed by atoms with van der Waals surface area (Å²) in [6.45, 7) is 0. The van der Waals surface area contributed by atoms with E-state index < -0.39 is 0 Å². The Morgan fingerprint density at radius 3 is 2.45 bits per heavy atom. The fraction of sp³-hybridized carbons (Fsp3) is 0. The van der Waals surface area contributed by atoms with Gasteiger partial charge in [-0.3, -0.25) is 4.57 Å². The first-order chi connectivity index (χ1) is 5.36. The number of hydrogen-bond acceptors (Lipinski definition) is 1. The second-order valence-electron chi connectivity index (χ2n) is 2.17. The van der Waals surface area contributed by atoms with Gasteiger partial charge < -0.3 is 4.42 Å². The molecule has 11 heavy (non-hydrogen) atoms. The van der Waals surface area contributed by atoms with E-state index in [4.69, 9.17) is 4.42 Å². The summed E-state index contributed by atoms with van der Waals surface area (Å²) in [6, 6.07) is 7.69.